The van der Waals surface area contributed by atoms with Gasteiger partial charge in [-0.1, -0.05) is 5.92 Å². The van der Waals surface area contributed by atoms with E-state index in [1.807, 2.05) is 0 Å². The number of nitro groups is 1. The molecule has 1 aromatic heterocycles. The topological polar surface area (TPSA) is 66.6 Å². The van der Waals surface area contributed by atoms with Gasteiger partial charge in [-0.3, -0.25) is 10.1 Å². The van der Waals surface area contributed by atoms with Crippen LogP contribution in [0.1, 0.15) is 17.9 Å². The molecule has 0 radical (unpaired) electrons. The first-order valence-corrected chi connectivity index (χ1v) is 5.39. The van der Waals surface area contributed by atoms with Crippen molar-refractivity contribution in [3.8, 4) is 12.3 Å². The summed E-state index contributed by atoms with van der Waals surface area (Å²) >= 11 is 1.18. The van der Waals surface area contributed by atoms with E-state index in [0.29, 0.717) is 16.4 Å². The van der Waals surface area contributed by atoms with Crippen molar-refractivity contribution in [2.75, 3.05) is 18.5 Å². The number of aliphatic hydroxyl groups excluding tert-OH is 1. The highest BCUT2D eigenvalue weighted by molar-refractivity contribution is 7.16. The minimum Gasteiger partial charge on any atom is -0.388 e. The van der Waals surface area contributed by atoms with Crippen LogP contribution in [0.2, 0.25) is 0 Å². The zero-order valence-electron chi connectivity index (χ0n) is 9.01. The Bertz CT molecular complexity index is 434. The summed E-state index contributed by atoms with van der Waals surface area (Å²) in [6.45, 7) is 1.86. The van der Waals surface area contributed by atoms with Crippen molar-refractivity contribution in [1.82, 2.24) is 0 Å². The van der Waals surface area contributed by atoms with Gasteiger partial charge in [0.1, 0.15) is 0 Å². The van der Waals surface area contributed by atoms with Crippen LogP contribution >= 0.6 is 11.3 Å². The lowest BCUT2D eigenvalue weighted by atomic mass is 10.3. The third kappa shape index (κ3) is 2.51. The molecule has 0 spiro atoms. The Balaban J connectivity index is 3.15. The van der Waals surface area contributed by atoms with Gasteiger partial charge in [0, 0.05) is 18.0 Å². The van der Waals surface area contributed by atoms with E-state index in [9.17, 15) is 15.2 Å². The van der Waals surface area contributed by atoms with Crippen LogP contribution in [0.25, 0.3) is 0 Å². The number of thiophene rings is 1. The number of nitrogens with zero attached hydrogens (tertiary/aromatic N) is 2. The van der Waals surface area contributed by atoms with Gasteiger partial charge < -0.3 is 10.0 Å². The summed E-state index contributed by atoms with van der Waals surface area (Å²) in [6.07, 6.45) is 4.44. The van der Waals surface area contributed by atoms with E-state index in [2.05, 4.69) is 5.92 Å². The van der Waals surface area contributed by atoms with Gasteiger partial charge >= 0.3 is 5.69 Å². The van der Waals surface area contributed by atoms with Gasteiger partial charge in [-0.15, -0.1) is 17.8 Å². The molecule has 86 valence electrons. The molecule has 0 aliphatic rings. The van der Waals surface area contributed by atoms with Crippen molar-refractivity contribution in [3.05, 3.63) is 21.1 Å². The van der Waals surface area contributed by atoms with E-state index >= 15 is 0 Å². The molecule has 0 saturated heterocycles. The maximum absolute atomic E-state index is 10.8. The Hall–Kier alpha value is -1.58. The minimum absolute atomic E-state index is 0.0151. The molecule has 0 bridgehead atoms. The third-order valence-corrected chi connectivity index (χ3v) is 3.41. The molecule has 16 heavy (non-hydrogen) atoms. The normalized spacial score (nSPS) is 11.9. The highest BCUT2D eigenvalue weighted by Gasteiger charge is 2.23. The number of anilines is 1. The van der Waals surface area contributed by atoms with Crippen molar-refractivity contribution in [2.45, 2.75) is 13.0 Å². The predicted molar refractivity (Wildman–Crippen MR) is 63.7 cm³/mol. The fraction of sp³-hybridized carbons (Fsp3) is 0.400. The van der Waals surface area contributed by atoms with Crippen LogP contribution in [0.15, 0.2) is 6.07 Å². The van der Waals surface area contributed by atoms with E-state index < -0.39 is 11.0 Å². The van der Waals surface area contributed by atoms with Gasteiger partial charge in [-0.2, -0.15) is 0 Å². The summed E-state index contributed by atoms with van der Waals surface area (Å²) in [6, 6.07) is 1.39. The van der Waals surface area contributed by atoms with E-state index in [1.165, 1.54) is 17.4 Å². The highest BCUT2D eigenvalue weighted by atomic mass is 32.1. The van der Waals surface area contributed by atoms with Crippen LogP contribution in [0, 0.1) is 22.5 Å². The molecule has 0 aromatic carbocycles. The largest absolute Gasteiger partial charge is 0.388 e. The van der Waals surface area contributed by atoms with E-state index in [-0.39, 0.29) is 5.69 Å². The molecule has 0 saturated carbocycles. The quantitative estimate of drug-likeness (QED) is 0.495. The average molecular weight is 240 g/mol. The zero-order valence-corrected chi connectivity index (χ0v) is 9.82. The minimum atomic E-state index is -0.711. The van der Waals surface area contributed by atoms with Crippen LogP contribution in [0.4, 0.5) is 10.7 Å². The molecular weight excluding hydrogens is 228 g/mol. The standard InChI is InChI=1S/C10H12N2O3S/c1-4-5-11(3)10-8(12(14)15)6-9(16-10)7(2)13/h1,6-7,13H,5H2,2-3H3/t7-/m1/s1. The summed E-state index contributed by atoms with van der Waals surface area (Å²) < 4.78 is 0. The maximum atomic E-state index is 10.8. The van der Waals surface area contributed by atoms with Crippen molar-refractivity contribution < 1.29 is 10.0 Å². The van der Waals surface area contributed by atoms with Crippen LogP contribution in [0.3, 0.4) is 0 Å². The van der Waals surface area contributed by atoms with E-state index in [4.69, 9.17) is 6.42 Å². The summed E-state index contributed by atoms with van der Waals surface area (Å²) in [5, 5.41) is 20.7. The number of terminal acetylenes is 1. The van der Waals surface area contributed by atoms with Crippen LogP contribution in [-0.4, -0.2) is 23.6 Å². The molecule has 0 aliphatic heterocycles. The molecule has 1 N–H and O–H groups in total. The van der Waals surface area contributed by atoms with E-state index in [0.717, 1.165) is 0 Å². The Kier molecular flexibility index (Phi) is 3.88. The van der Waals surface area contributed by atoms with Crippen LogP contribution in [0.5, 0.6) is 0 Å². The molecule has 0 unspecified atom stereocenters. The van der Waals surface area contributed by atoms with Crippen LogP contribution < -0.4 is 4.90 Å². The molecule has 1 heterocycles. The average Bonchev–Trinajstić information content (AvgIpc) is 2.62. The molecule has 5 nitrogen and oxygen atoms in total. The Morgan fingerprint density at radius 1 is 1.81 bits per heavy atom. The van der Waals surface area contributed by atoms with Crippen molar-refractivity contribution >= 4 is 22.0 Å². The molecular formula is C10H12N2O3S. The Morgan fingerprint density at radius 3 is 2.88 bits per heavy atom. The molecule has 1 atom stereocenters. The van der Waals surface area contributed by atoms with Crippen LogP contribution in [-0.2, 0) is 0 Å². The van der Waals surface area contributed by atoms with E-state index in [1.54, 1.807) is 18.9 Å². The monoisotopic (exact) mass is 240 g/mol. The highest BCUT2D eigenvalue weighted by Crippen LogP contribution is 2.39. The van der Waals surface area contributed by atoms with Crippen molar-refractivity contribution in [1.29, 1.82) is 0 Å². The van der Waals surface area contributed by atoms with Gasteiger partial charge in [-0.05, 0) is 6.92 Å². The lowest BCUT2D eigenvalue weighted by Crippen LogP contribution is -2.16. The second kappa shape index (κ2) is 4.96. The number of hydrogen-bond acceptors (Lipinski definition) is 5. The molecule has 0 aliphatic carbocycles. The molecule has 6 heteroatoms. The smallest absolute Gasteiger partial charge is 0.304 e. The summed E-state index contributed by atoms with van der Waals surface area (Å²) in [5.74, 6) is 2.42. The first-order chi connectivity index (χ1) is 7.47. The first-order valence-electron chi connectivity index (χ1n) is 4.58. The maximum Gasteiger partial charge on any atom is 0.304 e. The lowest BCUT2D eigenvalue weighted by Gasteiger charge is -2.12. The molecule has 0 fully saturated rings. The second-order valence-corrected chi connectivity index (χ2v) is 4.39. The Morgan fingerprint density at radius 2 is 2.44 bits per heavy atom. The summed E-state index contributed by atoms with van der Waals surface area (Å²) in [7, 11) is 1.69. The second-order valence-electron chi connectivity index (χ2n) is 3.33. The van der Waals surface area contributed by atoms with Crippen molar-refractivity contribution in [2.24, 2.45) is 0 Å². The molecule has 1 aromatic rings. The van der Waals surface area contributed by atoms with Gasteiger partial charge in [0.15, 0.2) is 5.00 Å². The van der Waals surface area contributed by atoms with Crippen molar-refractivity contribution in [3.63, 3.8) is 0 Å². The number of aliphatic hydroxyl groups is 1. The van der Waals surface area contributed by atoms with Gasteiger partial charge in [0.05, 0.1) is 17.6 Å². The van der Waals surface area contributed by atoms with Gasteiger partial charge in [-0.25, -0.2) is 0 Å². The zero-order chi connectivity index (χ0) is 12.3. The third-order valence-electron chi connectivity index (χ3n) is 2.00. The first kappa shape index (κ1) is 12.5. The fourth-order valence-corrected chi connectivity index (χ4v) is 2.23. The fourth-order valence-electron chi connectivity index (χ4n) is 1.21. The Labute approximate surface area is 97.5 Å². The SMILES string of the molecule is C#CCN(C)c1sc([C@@H](C)O)cc1[N+](=O)[O-]. The number of rotatable bonds is 4. The molecule has 0 amide bonds. The van der Waals surface area contributed by atoms with Gasteiger partial charge in [0.25, 0.3) is 0 Å². The summed E-state index contributed by atoms with van der Waals surface area (Å²) in [5.41, 5.74) is -0.0151. The predicted octanol–water partition coefficient (Wildman–Crippen LogP) is 1.78. The molecule has 1 rings (SSSR count). The lowest BCUT2D eigenvalue weighted by molar-refractivity contribution is -0.383. The number of hydrogen-bond donors (Lipinski definition) is 1. The van der Waals surface area contributed by atoms with Gasteiger partial charge in [0.2, 0.25) is 0 Å². The summed E-state index contributed by atoms with van der Waals surface area (Å²) in [4.78, 5) is 12.5.